The highest BCUT2D eigenvalue weighted by molar-refractivity contribution is 5.81. The van der Waals surface area contributed by atoms with Crippen molar-refractivity contribution in [2.75, 3.05) is 20.3 Å². The predicted octanol–water partition coefficient (Wildman–Crippen LogP) is 3.90. The first-order valence-electron chi connectivity index (χ1n) is 10.6. The predicted molar refractivity (Wildman–Crippen MR) is 121 cm³/mol. The quantitative estimate of drug-likeness (QED) is 0.411. The maximum Gasteiger partial charge on any atom is 0.191 e. The maximum atomic E-state index is 6.10. The molecule has 0 saturated carbocycles. The zero-order chi connectivity index (χ0) is 20.8. The van der Waals surface area contributed by atoms with Gasteiger partial charge in [-0.2, -0.15) is 0 Å². The summed E-state index contributed by atoms with van der Waals surface area (Å²) in [7, 11) is 1.78. The van der Waals surface area contributed by atoms with Gasteiger partial charge in [0.05, 0.1) is 12.6 Å². The van der Waals surface area contributed by atoms with Crippen LogP contribution in [0.5, 0.6) is 5.75 Å². The van der Waals surface area contributed by atoms with Crippen LogP contribution in [0.4, 0.5) is 0 Å². The summed E-state index contributed by atoms with van der Waals surface area (Å²) in [6.45, 7) is 4.83. The van der Waals surface area contributed by atoms with Crippen LogP contribution in [0, 0.1) is 6.92 Å². The Kier molecular flexibility index (Phi) is 6.54. The molecule has 1 aliphatic heterocycles. The number of nitrogens with one attached hydrogen (secondary N) is 3. The van der Waals surface area contributed by atoms with Crippen LogP contribution in [0.15, 0.2) is 53.5 Å². The van der Waals surface area contributed by atoms with E-state index >= 15 is 0 Å². The molecule has 1 saturated heterocycles. The van der Waals surface area contributed by atoms with Crippen molar-refractivity contribution in [2.45, 2.75) is 39.0 Å². The smallest absolute Gasteiger partial charge is 0.191 e. The SMILES string of the molecule is CN=C(NCc1cc2ccccc2[nH]1)NCc1ccc(C)cc1OCC1CCCO1. The lowest BCUT2D eigenvalue weighted by Gasteiger charge is -2.17. The normalized spacial score (nSPS) is 16.7. The molecule has 2 heterocycles. The fourth-order valence-corrected chi connectivity index (χ4v) is 3.71. The van der Waals surface area contributed by atoms with E-state index in [9.17, 15) is 0 Å². The standard InChI is InChI=1S/C24H30N4O2/c1-17-9-10-19(23(12-17)30-16-21-7-5-11-29-21)14-26-24(25-2)27-15-20-13-18-6-3-4-8-22(18)28-20/h3-4,6,8-10,12-13,21,28H,5,7,11,14-16H2,1-2H3,(H2,25,26,27). The number of benzene rings is 2. The molecule has 6 nitrogen and oxygen atoms in total. The first-order valence-corrected chi connectivity index (χ1v) is 10.6. The largest absolute Gasteiger partial charge is 0.491 e. The summed E-state index contributed by atoms with van der Waals surface area (Å²) < 4.78 is 11.8. The van der Waals surface area contributed by atoms with Crippen molar-refractivity contribution < 1.29 is 9.47 Å². The Morgan fingerprint density at radius 2 is 2.03 bits per heavy atom. The van der Waals surface area contributed by atoms with E-state index in [0.29, 0.717) is 19.7 Å². The van der Waals surface area contributed by atoms with Crippen molar-refractivity contribution in [3.63, 3.8) is 0 Å². The Bertz CT molecular complexity index is 972. The van der Waals surface area contributed by atoms with Crippen molar-refractivity contribution >= 4 is 16.9 Å². The van der Waals surface area contributed by atoms with E-state index in [0.717, 1.165) is 47.9 Å². The highest BCUT2D eigenvalue weighted by Gasteiger charge is 2.17. The number of ether oxygens (including phenoxy) is 2. The number of H-pyrrole nitrogens is 1. The van der Waals surface area contributed by atoms with E-state index in [1.165, 1.54) is 10.9 Å². The minimum absolute atomic E-state index is 0.206. The van der Waals surface area contributed by atoms with E-state index < -0.39 is 0 Å². The third-order valence-electron chi connectivity index (χ3n) is 5.37. The average molecular weight is 407 g/mol. The van der Waals surface area contributed by atoms with E-state index in [1.54, 1.807) is 7.05 Å². The second-order valence-electron chi connectivity index (χ2n) is 7.72. The highest BCUT2D eigenvalue weighted by Crippen LogP contribution is 2.22. The first-order chi connectivity index (χ1) is 14.7. The number of guanidine groups is 1. The second-order valence-corrected chi connectivity index (χ2v) is 7.72. The van der Waals surface area contributed by atoms with Gasteiger partial charge in [-0.3, -0.25) is 4.99 Å². The van der Waals surface area contributed by atoms with Gasteiger partial charge in [0.25, 0.3) is 0 Å². The van der Waals surface area contributed by atoms with Crippen LogP contribution in [0.3, 0.4) is 0 Å². The number of para-hydroxylation sites is 1. The molecule has 1 aromatic heterocycles. The van der Waals surface area contributed by atoms with Crippen LogP contribution >= 0.6 is 0 Å². The van der Waals surface area contributed by atoms with Gasteiger partial charge in [-0.1, -0.05) is 30.3 Å². The Balaban J connectivity index is 1.33. The zero-order valence-electron chi connectivity index (χ0n) is 17.7. The number of fused-ring (bicyclic) bond motifs is 1. The number of aromatic amines is 1. The lowest BCUT2D eigenvalue weighted by Crippen LogP contribution is -2.36. The minimum Gasteiger partial charge on any atom is -0.491 e. The van der Waals surface area contributed by atoms with Crippen LogP contribution in [0.25, 0.3) is 10.9 Å². The summed E-state index contributed by atoms with van der Waals surface area (Å²) in [4.78, 5) is 7.78. The average Bonchev–Trinajstić information content (AvgIpc) is 3.42. The van der Waals surface area contributed by atoms with Crippen LogP contribution < -0.4 is 15.4 Å². The maximum absolute atomic E-state index is 6.10. The molecule has 1 unspecified atom stereocenters. The van der Waals surface area contributed by atoms with Crippen molar-refractivity contribution in [3.05, 3.63) is 65.4 Å². The van der Waals surface area contributed by atoms with Crippen molar-refractivity contribution in [2.24, 2.45) is 4.99 Å². The molecule has 1 fully saturated rings. The van der Waals surface area contributed by atoms with E-state index in [1.807, 2.05) is 12.1 Å². The molecule has 0 radical (unpaired) electrons. The highest BCUT2D eigenvalue weighted by atomic mass is 16.5. The number of rotatable bonds is 7. The van der Waals surface area contributed by atoms with E-state index in [4.69, 9.17) is 9.47 Å². The second kappa shape index (κ2) is 9.67. The van der Waals surface area contributed by atoms with Crippen molar-refractivity contribution in [3.8, 4) is 5.75 Å². The number of hydrogen-bond acceptors (Lipinski definition) is 3. The third kappa shape index (κ3) is 5.13. The van der Waals surface area contributed by atoms with E-state index in [-0.39, 0.29) is 6.10 Å². The van der Waals surface area contributed by atoms with Gasteiger partial charge in [0, 0.05) is 37.0 Å². The van der Waals surface area contributed by atoms with Crippen molar-refractivity contribution in [1.82, 2.24) is 15.6 Å². The number of hydrogen-bond donors (Lipinski definition) is 3. The van der Waals surface area contributed by atoms with Crippen molar-refractivity contribution in [1.29, 1.82) is 0 Å². The number of aryl methyl sites for hydroxylation is 1. The Morgan fingerprint density at radius 1 is 1.17 bits per heavy atom. The fourth-order valence-electron chi connectivity index (χ4n) is 3.71. The summed E-state index contributed by atoms with van der Waals surface area (Å²) in [6.07, 6.45) is 2.40. The van der Waals surface area contributed by atoms with Crippen LogP contribution in [-0.2, 0) is 17.8 Å². The molecule has 1 atom stereocenters. The van der Waals surface area contributed by atoms with Gasteiger partial charge in [-0.25, -0.2) is 0 Å². The Morgan fingerprint density at radius 3 is 2.83 bits per heavy atom. The summed E-state index contributed by atoms with van der Waals surface area (Å²) >= 11 is 0. The fraction of sp³-hybridized carbons (Fsp3) is 0.375. The van der Waals surface area contributed by atoms with Gasteiger partial charge in [0.1, 0.15) is 12.4 Å². The Hall–Kier alpha value is -2.99. The minimum atomic E-state index is 0.206. The molecule has 0 aliphatic carbocycles. The number of aromatic nitrogens is 1. The van der Waals surface area contributed by atoms with Gasteiger partial charge < -0.3 is 25.1 Å². The van der Waals surface area contributed by atoms with Crippen LogP contribution in [-0.4, -0.2) is 37.3 Å². The lowest BCUT2D eigenvalue weighted by molar-refractivity contribution is 0.0676. The molecule has 0 bridgehead atoms. The summed E-state index contributed by atoms with van der Waals surface area (Å²) in [5.74, 6) is 1.66. The molecule has 0 spiro atoms. The van der Waals surface area contributed by atoms with Gasteiger partial charge in [-0.15, -0.1) is 0 Å². The molecule has 3 aromatic rings. The topological polar surface area (TPSA) is 70.7 Å². The summed E-state index contributed by atoms with van der Waals surface area (Å²) in [5, 5.41) is 7.98. The molecule has 1 aliphatic rings. The molecular weight excluding hydrogens is 376 g/mol. The van der Waals surface area contributed by atoms with Gasteiger partial charge in [-0.05, 0) is 48.9 Å². The Labute approximate surface area is 177 Å². The molecule has 2 aromatic carbocycles. The van der Waals surface area contributed by atoms with Crippen LogP contribution in [0.1, 0.15) is 29.7 Å². The molecule has 30 heavy (non-hydrogen) atoms. The third-order valence-corrected chi connectivity index (χ3v) is 5.37. The molecule has 158 valence electrons. The monoisotopic (exact) mass is 406 g/mol. The summed E-state index contributed by atoms with van der Waals surface area (Å²) in [6, 6.07) is 16.7. The summed E-state index contributed by atoms with van der Waals surface area (Å²) in [5.41, 5.74) is 4.55. The molecular formula is C24H30N4O2. The lowest BCUT2D eigenvalue weighted by atomic mass is 10.1. The first kappa shape index (κ1) is 20.3. The number of aliphatic imine (C=N–C) groups is 1. The van der Waals surface area contributed by atoms with Gasteiger partial charge in [0.2, 0.25) is 0 Å². The van der Waals surface area contributed by atoms with Crippen LogP contribution in [0.2, 0.25) is 0 Å². The number of nitrogens with zero attached hydrogens (tertiary/aromatic N) is 1. The zero-order valence-corrected chi connectivity index (χ0v) is 17.7. The van der Waals surface area contributed by atoms with Gasteiger partial charge in [0.15, 0.2) is 5.96 Å². The molecule has 0 amide bonds. The molecule has 6 heteroatoms. The van der Waals surface area contributed by atoms with Gasteiger partial charge >= 0.3 is 0 Å². The molecule has 4 rings (SSSR count). The molecule has 3 N–H and O–H groups in total. The van der Waals surface area contributed by atoms with E-state index in [2.05, 4.69) is 63.9 Å².